The summed E-state index contributed by atoms with van der Waals surface area (Å²) >= 11 is 1.23. The summed E-state index contributed by atoms with van der Waals surface area (Å²) in [6, 6.07) is -1.11. The predicted molar refractivity (Wildman–Crippen MR) is 326 cm³/mol. The molecule has 512 valence electrons. The van der Waals surface area contributed by atoms with E-state index in [2.05, 4.69) is 41.7 Å². The standard InChI is InChI=1S/C17H31N5O8S.C14H26N4O6.C12H20N2O6.C10H21N3O/c1-18-3-4-19-13(23)7-21(9-15(25)26)5-6-22(10-16(27)28)8-14(24)20-12(11-31-2)17(29)30;1-11(19)7-17(9-13(21)22)5-6-18(10-14(23)24)8-12(20)16-4-3-15-2;1-9(15)5-13(7-11(17)18)3-4-14(6-10(2)16)8-12(19)20;1-10(14)9-13-7-5-12(6-8-13)4-3-11-2/h12,18H,3-11H2,1-2H3,(H,19,23)(H,20,24)(H,25,26)(H,27,28)(H,29,30);15H,3-10H2,1-2H3,(H,16,20)(H,21,22)(H,23,24);3-8H2,1-2H3,(H,17,18)(H,19,20);11H,3-9H2,1-2H3/t12-;;;/m0.../s1. The van der Waals surface area contributed by atoms with Crippen molar-refractivity contribution in [2.75, 3.05) is 223 Å². The third kappa shape index (κ3) is 56.3. The van der Waals surface area contributed by atoms with Crippen LogP contribution in [0.5, 0.6) is 0 Å². The molecular formula is C53H98N14O21S. The minimum atomic E-state index is -1.21. The second-order valence-electron chi connectivity index (χ2n) is 20.5. The van der Waals surface area contributed by atoms with Crippen LogP contribution in [0, 0.1) is 0 Å². The first-order valence-corrected chi connectivity index (χ1v) is 29.7. The molecule has 0 unspecified atom stereocenters. The molecule has 0 radical (unpaired) electrons. The van der Waals surface area contributed by atoms with Crippen LogP contribution in [-0.4, -0.2) is 387 Å². The van der Waals surface area contributed by atoms with E-state index in [1.54, 1.807) is 27.3 Å². The van der Waals surface area contributed by atoms with Crippen LogP contribution in [0.3, 0.4) is 0 Å². The molecule has 1 aliphatic heterocycles. The average molecular weight is 1300 g/mol. The van der Waals surface area contributed by atoms with E-state index in [1.807, 2.05) is 7.05 Å². The van der Waals surface area contributed by atoms with Crippen molar-refractivity contribution < 1.29 is 103 Å². The number of likely N-dealkylation sites (N-methyl/N-ethyl adjacent to an activating group) is 3. The van der Waals surface area contributed by atoms with Crippen LogP contribution in [0.25, 0.3) is 0 Å². The number of hydrogen-bond donors (Lipinski definition) is 13. The van der Waals surface area contributed by atoms with Gasteiger partial charge in [0.15, 0.2) is 0 Å². The van der Waals surface area contributed by atoms with Gasteiger partial charge in [0.25, 0.3) is 0 Å². The molecule has 35 nitrogen and oxygen atoms in total. The number of carbonyl (C=O) groups excluding carboxylic acids is 7. The Bertz CT molecular complexity index is 2110. The van der Waals surface area contributed by atoms with E-state index in [0.717, 1.165) is 39.3 Å². The van der Waals surface area contributed by atoms with Gasteiger partial charge < -0.3 is 67.6 Å². The third-order valence-corrected chi connectivity index (χ3v) is 12.4. The van der Waals surface area contributed by atoms with Crippen molar-refractivity contribution in [3.63, 3.8) is 0 Å². The van der Waals surface area contributed by atoms with E-state index < -0.39 is 66.8 Å². The lowest BCUT2D eigenvalue weighted by Gasteiger charge is -2.34. The number of amides is 3. The molecule has 36 heteroatoms. The highest BCUT2D eigenvalue weighted by atomic mass is 32.2. The Morgan fingerprint density at radius 3 is 0.910 bits per heavy atom. The minimum Gasteiger partial charge on any atom is -0.480 e. The van der Waals surface area contributed by atoms with Crippen LogP contribution in [0.1, 0.15) is 27.7 Å². The summed E-state index contributed by atoms with van der Waals surface area (Å²) in [5.74, 6) is -9.37. The monoisotopic (exact) mass is 1300 g/mol. The largest absolute Gasteiger partial charge is 0.480 e. The second kappa shape index (κ2) is 53.2. The Kier molecular flexibility index (Phi) is 51.7. The summed E-state index contributed by atoms with van der Waals surface area (Å²) in [5.41, 5.74) is 0. The molecule has 0 aliphatic carbocycles. The molecule has 0 aromatic carbocycles. The first kappa shape index (κ1) is 86.5. The number of aliphatic carboxylic acids is 7. The van der Waals surface area contributed by atoms with Gasteiger partial charge in [-0.1, -0.05) is 0 Å². The Hall–Kier alpha value is -6.71. The molecule has 1 saturated heterocycles. The van der Waals surface area contributed by atoms with Crippen LogP contribution in [0.4, 0.5) is 0 Å². The quantitative estimate of drug-likeness (QED) is 0.0252. The smallest absolute Gasteiger partial charge is 0.327 e. The maximum absolute atomic E-state index is 12.2. The van der Waals surface area contributed by atoms with E-state index in [0.29, 0.717) is 32.7 Å². The molecule has 1 rings (SSSR count). The molecular weight excluding hydrogens is 1200 g/mol. The molecule has 1 heterocycles. The maximum atomic E-state index is 12.2. The van der Waals surface area contributed by atoms with Gasteiger partial charge in [-0.25, -0.2) is 4.79 Å². The van der Waals surface area contributed by atoms with Crippen molar-refractivity contribution in [2.45, 2.75) is 33.7 Å². The number of thioether (sulfide) groups is 1. The van der Waals surface area contributed by atoms with Crippen LogP contribution >= 0.6 is 11.8 Å². The van der Waals surface area contributed by atoms with Gasteiger partial charge >= 0.3 is 41.8 Å². The topological polar surface area (TPSA) is 479 Å². The lowest BCUT2D eigenvalue weighted by atomic mass is 10.3. The van der Waals surface area contributed by atoms with Crippen molar-refractivity contribution in [1.29, 1.82) is 0 Å². The van der Waals surface area contributed by atoms with E-state index in [-0.39, 0.29) is 145 Å². The molecule has 0 aromatic rings. The van der Waals surface area contributed by atoms with E-state index in [9.17, 15) is 67.1 Å². The molecule has 89 heavy (non-hydrogen) atoms. The fourth-order valence-electron chi connectivity index (χ4n) is 7.94. The fraction of sp³-hybridized carbons (Fsp3) is 0.736. The SMILES string of the molecule is CC(=O)CN(CCN(CC(C)=O)CC(=O)O)CC(=O)O.CNCCN1CCN(CC(C)=O)CC1.CNCCNC(=O)CN(CCN(CC(=O)O)CC(=O)N[C@@H](CSC)C(=O)O)CC(=O)O.CNCCNC(=O)CN(CCN(CC(C)=O)CC(=O)O)CC(=O)O. The second-order valence-corrected chi connectivity index (χ2v) is 21.4. The molecule has 0 bridgehead atoms. The number of Topliss-reactive ketones (excluding diaryl/α,β-unsaturated/α-hetero) is 4. The van der Waals surface area contributed by atoms with Crippen LogP contribution in [0.2, 0.25) is 0 Å². The van der Waals surface area contributed by atoms with E-state index in [4.69, 9.17) is 35.7 Å². The first-order valence-electron chi connectivity index (χ1n) is 28.3. The van der Waals surface area contributed by atoms with Crippen LogP contribution in [0.15, 0.2) is 0 Å². The third-order valence-electron chi connectivity index (χ3n) is 11.7. The van der Waals surface area contributed by atoms with Gasteiger partial charge in [0.05, 0.1) is 85.1 Å². The maximum Gasteiger partial charge on any atom is 0.327 e. The highest BCUT2D eigenvalue weighted by Crippen LogP contribution is 2.03. The Morgan fingerprint density at radius 1 is 0.382 bits per heavy atom. The van der Waals surface area contributed by atoms with Gasteiger partial charge in [0.2, 0.25) is 17.7 Å². The summed E-state index contributed by atoms with van der Waals surface area (Å²) in [6.45, 7) is 12.4. The number of carboxylic acids is 7. The molecule has 0 saturated carbocycles. The molecule has 3 amide bonds. The molecule has 0 aromatic heterocycles. The predicted octanol–water partition coefficient (Wildman–Crippen LogP) is -6.94. The van der Waals surface area contributed by atoms with Gasteiger partial charge in [-0.3, -0.25) is 102 Å². The van der Waals surface area contributed by atoms with Gasteiger partial charge in [-0.15, -0.1) is 0 Å². The summed E-state index contributed by atoms with van der Waals surface area (Å²) < 4.78 is 0. The summed E-state index contributed by atoms with van der Waals surface area (Å²) in [6.07, 6.45) is 1.69. The number of piperazine rings is 1. The van der Waals surface area contributed by atoms with Gasteiger partial charge in [-0.05, 0) is 55.1 Å². The van der Waals surface area contributed by atoms with Crippen molar-refractivity contribution in [3.05, 3.63) is 0 Å². The number of nitrogens with zero attached hydrogens (tertiary/aromatic N) is 8. The van der Waals surface area contributed by atoms with Gasteiger partial charge in [0, 0.05) is 110 Å². The van der Waals surface area contributed by atoms with Gasteiger partial charge in [-0.2, -0.15) is 11.8 Å². The van der Waals surface area contributed by atoms with Crippen LogP contribution in [-0.2, 0) is 67.1 Å². The van der Waals surface area contributed by atoms with Crippen molar-refractivity contribution in [2.24, 2.45) is 0 Å². The van der Waals surface area contributed by atoms with Crippen molar-refractivity contribution in [3.8, 4) is 0 Å². The number of carboxylic acid groups (broad SMARTS) is 7. The van der Waals surface area contributed by atoms with Crippen molar-refractivity contribution >= 4 is 94.4 Å². The normalized spacial score (nSPS) is 12.6. The van der Waals surface area contributed by atoms with E-state index in [1.165, 1.54) is 61.9 Å². The lowest BCUT2D eigenvalue weighted by Crippen LogP contribution is -2.49. The van der Waals surface area contributed by atoms with Crippen LogP contribution < -0.4 is 31.9 Å². The number of rotatable bonds is 48. The number of ketones is 4. The molecule has 13 N–H and O–H groups in total. The summed E-state index contributed by atoms with van der Waals surface area (Å²) in [7, 11) is 5.44. The molecule has 1 fully saturated rings. The minimum absolute atomic E-state index is 0.0134. The Morgan fingerprint density at radius 2 is 0.663 bits per heavy atom. The van der Waals surface area contributed by atoms with Crippen molar-refractivity contribution in [1.82, 2.24) is 71.1 Å². The summed E-state index contributed by atoms with van der Waals surface area (Å²) in [5, 5.41) is 78.9. The summed E-state index contributed by atoms with van der Waals surface area (Å²) in [4.78, 5) is 169. The fourth-order valence-corrected chi connectivity index (χ4v) is 8.50. The van der Waals surface area contributed by atoms with Gasteiger partial charge in [0.1, 0.15) is 29.2 Å². The number of hydrogen-bond acceptors (Lipinski definition) is 26. The molecule has 1 atom stereocenters. The molecule has 1 aliphatic rings. The highest BCUT2D eigenvalue weighted by molar-refractivity contribution is 7.98. The first-order chi connectivity index (χ1) is 41.7. The lowest BCUT2D eigenvalue weighted by molar-refractivity contribution is -0.142. The Balaban J connectivity index is -0.00000115. The molecule has 0 spiro atoms. The van der Waals surface area contributed by atoms with E-state index >= 15 is 0 Å². The zero-order valence-corrected chi connectivity index (χ0v) is 53.4. The number of nitrogens with one attached hydrogen (secondary N) is 6. The zero-order valence-electron chi connectivity index (χ0n) is 52.6. The highest BCUT2D eigenvalue weighted by Gasteiger charge is 2.24. The average Bonchev–Trinajstić information content (AvgIpc) is 3.60. The Labute approximate surface area is 523 Å². The number of carbonyl (C=O) groups is 14. The zero-order chi connectivity index (χ0) is 68.4.